The minimum atomic E-state index is -0.0808. The predicted molar refractivity (Wildman–Crippen MR) is 85.9 cm³/mol. The van der Waals surface area contributed by atoms with Gasteiger partial charge in [-0.25, -0.2) is 0 Å². The topological polar surface area (TPSA) is 63.2 Å². The number of pyridine rings is 1. The molecule has 0 aliphatic heterocycles. The Morgan fingerprint density at radius 2 is 1.86 bits per heavy atom. The van der Waals surface area contributed by atoms with Crippen molar-refractivity contribution in [2.24, 2.45) is 0 Å². The molecule has 2 N–H and O–H groups in total. The van der Waals surface area contributed by atoms with E-state index in [0.29, 0.717) is 18.7 Å². The van der Waals surface area contributed by atoms with Crippen LogP contribution in [-0.4, -0.2) is 30.5 Å². The lowest BCUT2D eigenvalue weighted by Crippen LogP contribution is -2.37. The van der Waals surface area contributed by atoms with Gasteiger partial charge in [0.15, 0.2) is 0 Å². The fraction of sp³-hybridized carbons (Fsp3) is 0.294. The number of amides is 1. The molecule has 1 amide bonds. The molecular weight excluding hydrogens is 278 g/mol. The number of aromatic nitrogens is 1. The first-order valence-corrected chi connectivity index (χ1v) is 7.26. The molecule has 0 fully saturated rings. The highest BCUT2D eigenvalue weighted by Crippen LogP contribution is 2.14. The van der Waals surface area contributed by atoms with Crippen LogP contribution in [-0.2, 0) is 6.61 Å². The molecule has 2 aromatic rings. The van der Waals surface area contributed by atoms with Gasteiger partial charge in [-0.1, -0.05) is 0 Å². The maximum atomic E-state index is 12.0. The van der Waals surface area contributed by atoms with Gasteiger partial charge in [-0.15, -0.1) is 0 Å². The Morgan fingerprint density at radius 3 is 2.50 bits per heavy atom. The molecule has 5 heteroatoms. The Kier molecular flexibility index (Phi) is 5.91. The van der Waals surface area contributed by atoms with Crippen molar-refractivity contribution in [3.05, 3.63) is 59.9 Å². The predicted octanol–water partition coefficient (Wildman–Crippen LogP) is 2.00. The van der Waals surface area contributed by atoms with E-state index in [-0.39, 0.29) is 11.9 Å². The molecule has 0 spiro atoms. The van der Waals surface area contributed by atoms with Gasteiger partial charge in [0.1, 0.15) is 12.4 Å². The van der Waals surface area contributed by atoms with Crippen LogP contribution in [0.1, 0.15) is 22.8 Å². The quantitative estimate of drug-likeness (QED) is 0.821. The van der Waals surface area contributed by atoms with Crippen molar-refractivity contribution in [1.29, 1.82) is 0 Å². The fourth-order valence-corrected chi connectivity index (χ4v) is 1.80. The van der Waals surface area contributed by atoms with E-state index in [0.717, 1.165) is 11.3 Å². The van der Waals surface area contributed by atoms with Crippen LogP contribution >= 0.6 is 0 Å². The Balaban J connectivity index is 1.86. The number of hydrogen-bond donors (Lipinski definition) is 2. The van der Waals surface area contributed by atoms with Crippen molar-refractivity contribution in [3.8, 4) is 5.75 Å². The number of benzene rings is 1. The highest BCUT2D eigenvalue weighted by molar-refractivity contribution is 5.94. The average molecular weight is 299 g/mol. The van der Waals surface area contributed by atoms with Gasteiger partial charge in [0.05, 0.1) is 0 Å². The average Bonchev–Trinajstić information content (AvgIpc) is 2.59. The number of ether oxygens (including phenoxy) is 1. The van der Waals surface area contributed by atoms with Crippen LogP contribution in [0.5, 0.6) is 5.75 Å². The Morgan fingerprint density at radius 1 is 1.18 bits per heavy atom. The Hall–Kier alpha value is -2.40. The van der Waals surface area contributed by atoms with Gasteiger partial charge >= 0.3 is 0 Å². The summed E-state index contributed by atoms with van der Waals surface area (Å²) in [6, 6.07) is 11.2. The fourth-order valence-electron chi connectivity index (χ4n) is 1.80. The molecule has 22 heavy (non-hydrogen) atoms. The maximum Gasteiger partial charge on any atom is 0.251 e. The molecule has 0 radical (unpaired) electrons. The van der Waals surface area contributed by atoms with Crippen LogP contribution in [0.2, 0.25) is 0 Å². The molecule has 5 nitrogen and oxygen atoms in total. The first kappa shape index (κ1) is 16.0. The smallest absolute Gasteiger partial charge is 0.251 e. The van der Waals surface area contributed by atoms with Gasteiger partial charge in [0, 0.05) is 30.5 Å². The van der Waals surface area contributed by atoms with E-state index in [2.05, 4.69) is 15.6 Å². The van der Waals surface area contributed by atoms with Gasteiger partial charge in [0.25, 0.3) is 5.91 Å². The van der Waals surface area contributed by atoms with E-state index < -0.39 is 0 Å². The first-order valence-electron chi connectivity index (χ1n) is 7.26. The minimum absolute atomic E-state index is 0.0808. The van der Waals surface area contributed by atoms with Crippen molar-refractivity contribution in [3.63, 3.8) is 0 Å². The number of rotatable bonds is 7. The number of carbonyl (C=O) groups excluding carboxylic acids is 1. The SMILES string of the molecule is CNC(C)CNC(=O)c1ccc(OCc2ccncc2)cc1. The van der Waals surface area contributed by atoms with Crippen LogP contribution in [0.25, 0.3) is 0 Å². The van der Waals surface area contributed by atoms with Gasteiger partial charge in [0.2, 0.25) is 0 Å². The zero-order valence-electron chi connectivity index (χ0n) is 12.9. The van der Waals surface area contributed by atoms with E-state index in [1.807, 2.05) is 26.1 Å². The molecular formula is C17H21N3O2. The molecule has 0 saturated heterocycles. The molecule has 116 valence electrons. The summed E-state index contributed by atoms with van der Waals surface area (Å²) in [6.45, 7) is 3.08. The van der Waals surface area contributed by atoms with Gasteiger partial charge < -0.3 is 15.4 Å². The summed E-state index contributed by atoms with van der Waals surface area (Å²) in [5.74, 6) is 0.653. The zero-order chi connectivity index (χ0) is 15.8. The highest BCUT2D eigenvalue weighted by atomic mass is 16.5. The Labute approximate surface area is 130 Å². The Bertz CT molecular complexity index is 585. The lowest BCUT2D eigenvalue weighted by atomic mass is 10.2. The van der Waals surface area contributed by atoms with Crippen molar-refractivity contribution in [2.45, 2.75) is 19.6 Å². The molecule has 0 saturated carbocycles. The van der Waals surface area contributed by atoms with Gasteiger partial charge in [-0.2, -0.15) is 0 Å². The van der Waals surface area contributed by atoms with Crippen LogP contribution in [0, 0.1) is 0 Å². The van der Waals surface area contributed by atoms with Crippen LogP contribution < -0.4 is 15.4 Å². The summed E-state index contributed by atoms with van der Waals surface area (Å²) in [7, 11) is 1.87. The molecule has 0 aliphatic carbocycles. The standard InChI is InChI=1S/C17H21N3O2/c1-13(18-2)11-20-17(21)15-3-5-16(6-4-15)22-12-14-7-9-19-10-8-14/h3-10,13,18H,11-12H2,1-2H3,(H,20,21). The largest absolute Gasteiger partial charge is 0.489 e. The summed E-state index contributed by atoms with van der Waals surface area (Å²) in [5.41, 5.74) is 1.68. The molecule has 1 aromatic carbocycles. The third kappa shape index (κ3) is 4.86. The number of hydrogen-bond acceptors (Lipinski definition) is 4. The van der Waals surface area contributed by atoms with Crippen LogP contribution in [0.3, 0.4) is 0 Å². The zero-order valence-corrected chi connectivity index (χ0v) is 12.9. The summed E-state index contributed by atoms with van der Waals surface area (Å²) < 4.78 is 5.67. The lowest BCUT2D eigenvalue weighted by molar-refractivity contribution is 0.0950. The molecule has 1 heterocycles. The van der Waals surface area contributed by atoms with Crippen LogP contribution in [0.15, 0.2) is 48.8 Å². The number of likely N-dealkylation sites (N-methyl/N-ethyl adjacent to an activating group) is 1. The van der Waals surface area contributed by atoms with Crippen LogP contribution in [0.4, 0.5) is 0 Å². The monoisotopic (exact) mass is 299 g/mol. The minimum Gasteiger partial charge on any atom is -0.489 e. The number of carbonyl (C=O) groups is 1. The molecule has 0 bridgehead atoms. The normalized spacial score (nSPS) is 11.7. The molecule has 1 aromatic heterocycles. The van der Waals surface area contributed by atoms with E-state index in [1.165, 1.54) is 0 Å². The van der Waals surface area contributed by atoms with E-state index in [1.54, 1.807) is 36.7 Å². The highest BCUT2D eigenvalue weighted by Gasteiger charge is 2.07. The summed E-state index contributed by atoms with van der Waals surface area (Å²) in [6.07, 6.45) is 3.47. The van der Waals surface area contributed by atoms with E-state index >= 15 is 0 Å². The third-order valence-corrected chi connectivity index (χ3v) is 3.33. The molecule has 2 rings (SSSR count). The lowest BCUT2D eigenvalue weighted by Gasteiger charge is -2.11. The van der Waals surface area contributed by atoms with E-state index in [4.69, 9.17) is 4.74 Å². The first-order chi connectivity index (χ1) is 10.7. The second-order valence-corrected chi connectivity index (χ2v) is 5.07. The van der Waals surface area contributed by atoms with Gasteiger partial charge in [-0.05, 0) is 55.9 Å². The maximum absolute atomic E-state index is 12.0. The number of nitrogens with one attached hydrogen (secondary N) is 2. The summed E-state index contributed by atoms with van der Waals surface area (Å²) >= 11 is 0. The molecule has 1 unspecified atom stereocenters. The molecule has 1 atom stereocenters. The van der Waals surface area contributed by atoms with Crippen molar-refractivity contribution < 1.29 is 9.53 Å². The van der Waals surface area contributed by atoms with Crippen molar-refractivity contribution in [1.82, 2.24) is 15.6 Å². The number of nitrogens with zero attached hydrogens (tertiary/aromatic N) is 1. The summed E-state index contributed by atoms with van der Waals surface area (Å²) in [4.78, 5) is 15.9. The van der Waals surface area contributed by atoms with E-state index in [9.17, 15) is 4.79 Å². The second-order valence-electron chi connectivity index (χ2n) is 5.07. The second kappa shape index (κ2) is 8.14. The van der Waals surface area contributed by atoms with Gasteiger partial charge in [-0.3, -0.25) is 9.78 Å². The summed E-state index contributed by atoms with van der Waals surface area (Å²) in [5, 5.41) is 5.95. The third-order valence-electron chi connectivity index (χ3n) is 3.33. The van der Waals surface area contributed by atoms with Crippen molar-refractivity contribution in [2.75, 3.05) is 13.6 Å². The van der Waals surface area contributed by atoms with Crippen molar-refractivity contribution >= 4 is 5.91 Å². The molecule has 0 aliphatic rings.